The van der Waals surface area contributed by atoms with Crippen LogP contribution >= 0.6 is 11.3 Å². The molecule has 1 aromatic rings. The summed E-state index contributed by atoms with van der Waals surface area (Å²) in [6.45, 7) is 4.85. The van der Waals surface area contributed by atoms with E-state index in [2.05, 4.69) is 29.5 Å². The molecule has 1 atom stereocenters. The molecule has 1 aliphatic rings. The van der Waals surface area contributed by atoms with Crippen molar-refractivity contribution in [3.05, 3.63) is 16.1 Å². The zero-order valence-corrected chi connectivity index (χ0v) is 12.8. The van der Waals surface area contributed by atoms with Crippen molar-refractivity contribution in [1.29, 1.82) is 0 Å². The number of unbranched alkanes of at least 4 members (excludes halogenated alkanes) is 1. The van der Waals surface area contributed by atoms with E-state index in [1.807, 2.05) is 0 Å². The first kappa shape index (κ1) is 14.5. The lowest BCUT2D eigenvalue weighted by Gasteiger charge is -2.13. The van der Waals surface area contributed by atoms with Crippen molar-refractivity contribution in [2.45, 2.75) is 64.8 Å². The van der Waals surface area contributed by atoms with Gasteiger partial charge >= 0.3 is 0 Å². The number of rotatable bonds is 8. The van der Waals surface area contributed by atoms with Gasteiger partial charge in [0.05, 0.1) is 17.2 Å². The molecule has 1 unspecified atom stereocenters. The molecule has 1 fully saturated rings. The molecule has 2 rings (SSSR count). The minimum absolute atomic E-state index is 0.168. The number of hydrogen-bond acceptors (Lipinski definition) is 3. The molecular formula is C15H24N2OS. The van der Waals surface area contributed by atoms with Gasteiger partial charge in [0.1, 0.15) is 0 Å². The standard InChI is InChI=1S/C15H24N2OS/c1-3-5-6-11(4-2)14(18)16-9-13-10-19-15(17-13)12-7-8-12/h10-12H,3-9H2,1-2H3,(H,16,18). The van der Waals surface area contributed by atoms with E-state index in [0.717, 1.165) is 31.4 Å². The van der Waals surface area contributed by atoms with Crippen molar-refractivity contribution in [2.75, 3.05) is 0 Å². The zero-order chi connectivity index (χ0) is 13.7. The highest BCUT2D eigenvalue weighted by Crippen LogP contribution is 2.41. The third-order valence-corrected chi connectivity index (χ3v) is 4.77. The van der Waals surface area contributed by atoms with Crippen LogP contribution in [-0.2, 0) is 11.3 Å². The Kier molecular flexibility index (Phi) is 5.37. The number of carbonyl (C=O) groups is 1. The summed E-state index contributed by atoms with van der Waals surface area (Å²) in [5.41, 5.74) is 1.02. The first-order chi connectivity index (χ1) is 9.24. The number of hydrogen-bond donors (Lipinski definition) is 1. The van der Waals surface area contributed by atoms with Gasteiger partial charge in [0.2, 0.25) is 5.91 Å². The summed E-state index contributed by atoms with van der Waals surface area (Å²) in [5, 5.41) is 6.37. The average Bonchev–Trinajstić information content (AvgIpc) is 3.16. The van der Waals surface area contributed by atoms with Crippen LogP contribution in [0.5, 0.6) is 0 Å². The smallest absolute Gasteiger partial charge is 0.223 e. The maximum atomic E-state index is 12.1. The lowest BCUT2D eigenvalue weighted by Crippen LogP contribution is -2.30. The first-order valence-electron chi connectivity index (χ1n) is 7.46. The maximum absolute atomic E-state index is 12.1. The van der Waals surface area contributed by atoms with Crippen molar-refractivity contribution < 1.29 is 4.79 Å². The molecule has 0 aromatic carbocycles. The number of carbonyl (C=O) groups excluding carboxylic acids is 1. The Bertz CT molecular complexity index is 412. The van der Waals surface area contributed by atoms with Crippen LogP contribution in [0.4, 0.5) is 0 Å². The van der Waals surface area contributed by atoms with Crippen molar-refractivity contribution >= 4 is 17.2 Å². The van der Waals surface area contributed by atoms with Gasteiger partial charge in [0.15, 0.2) is 0 Å². The number of thiazole rings is 1. The predicted octanol–water partition coefficient (Wildman–Crippen LogP) is 3.85. The molecule has 3 nitrogen and oxygen atoms in total. The Balaban J connectivity index is 1.77. The molecule has 1 saturated carbocycles. The van der Waals surface area contributed by atoms with Gasteiger partial charge in [-0.2, -0.15) is 0 Å². The van der Waals surface area contributed by atoms with E-state index in [4.69, 9.17) is 0 Å². The molecule has 0 radical (unpaired) electrons. The molecule has 1 aliphatic carbocycles. The molecule has 1 amide bonds. The van der Waals surface area contributed by atoms with Gasteiger partial charge in [-0.15, -0.1) is 11.3 Å². The number of nitrogens with one attached hydrogen (secondary N) is 1. The fraction of sp³-hybridized carbons (Fsp3) is 0.733. The molecular weight excluding hydrogens is 256 g/mol. The van der Waals surface area contributed by atoms with Crippen LogP contribution < -0.4 is 5.32 Å². The molecule has 1 heterocycles. The molecule has 1 N–H and O–H groups in total. The second kappa shape index (κ2) is 7.04. The fourth-order valence-electron chi connectivity index (χ4n) is 2.21. The van der Waals surface area contributed by atoms with Gasteiger partial charge in [0, 0.05) is 17.2 Å². The zero-order valence-electron chi connectivity index (χ0n) is 11.9. The molecule has 106 valence electrons. The van der Waals surface area contributed by atoms with Crippen molar-refractivity contribution in [2.24, 2.45) is 5.92 Å². The number of aromatic nitrogens is 1. The molecule has 0 aliphatic heterocycles. The summed E-state index contributed by atoms with van der Waals surface area (Å²) in [6, 6.07) is 0. The van der Waals surface area contributed by atoms with E-state index in [-0.39, 0.29) is 11.8 Å². The molecule has 4 heteroatoms. The van der Waals surface area contributed by atoms with Gasteiger partial charge in [-0.05, 0) is 25.7 Å². The van der Waals surface area contributed by atoms with Crippen LogP contribution in [0.1, 0.15) is 69.0 Å². The predicted molar refractivity (Wildman–Crippen MR) is 79.2 cm³/mol. The Morgan fingerprint density at radius 1 is 1.53 bits per heavy atom. The second-order valence-electron chi connectivity index (χ2n) is 5.42. The van der Waals surface area contributed by atoms with E-state index < -0.39 is 0 Å². The first-order valence-corrected chi connectivity index (χ1v) is 8.34. The van der Waals surface area contributed by atoms with E-state index in [0.29, 0.717) is 12.5 Å². The quantitative estimate of drug-likeness (QED) is 0.786. The lowest BCUT2D eigenvalue weighted by molar-refractivity contribution is -0.125. The lowest BCUT2D eigenvalue weighted by atomic mass is 9.98. The van der Waals surface area contributed by atoms with Gasteiger partial charge < -0.3 is 5.32 Å². The topological polar surface area (TPSA) is 42.0 Å². The Morgan fingerprint density at radius 2 is 2.32 bits per heavy atom. The fourth-order valence-corrected chi connectivity index (χ4v) is 3.21. The van der Waals surface area contributed by atoms with Gasteiger partial charge in [-0.1, -0.05) is 26.7 Å². The summed E-state index contributed by atoms with van der Waals surface area (Å²) in [6.07, 6.45) is 6.79. The summed E-state index contributed by atoms with van der Waals surface area (Å²) >= 11 is 1.74. The monoisotopic (exact) mass is 280 g/mol. The minimum Gasteiger partial charge on any atom is -0.350 e. The summed E-state index contributed by atoms with van der Waals surface area (Å²) in [5.74, 6) is 1.07. The average molecular weight is 280 g/mol. The Hall–Kier alpha value is -0.900. The van der Waals surface area contributed by atoms with Crippen LogP contribution in [0.15, 0.2) is 5.38 Å². The van der Waals surface area contributed by atoms with E-state index >= 15 is 0 Å². The van der Waals surface area contributed by atoms with E-state index in [1.165, 1.54) is 17.8 Å². The van der Waals surface area contributed by atoms with Crippen LogP contribution in [0.25, 0.3) is 0 Å². The van der Waals surface area contributed by atoms with Crippen molar-refractivity contribution in [1.82, 2.24) is 10.3 Å². The van der Waals surface area contributed by atoms with E-state index in [1.54, 1.807) is 11.3 Å². The van der Waals surface area contributed by atoms with Crippen LogP contribution in [0.2, 0.25) is 0 Å². The highest BCUT2D eigenvalue weighted by atomic mass is 32.1. The van der Waals surface area contributed by atoms with Gasteiger partial charge in [-0.3, -0.25) is 4.79 Å². The Morgan fingerprint density at radius 3 is 2.95 bits per heavy atom. The highest BCUT2D eigenvalue weighted by Gasteiger charge is 2.26. The summed E-state index contributed by atoms with van der Waals surface area (Å²) < 4.78 is 0. The second-order valence-corrected chi connectivity index (χ2v) is 6.31. The molecule has 19 heavy (non-hydrogen) atoms. The van der Waals surface area contributed by atoms with Gasteiger partial charge in [-0.25, -0.2) is 4.98 Å². The largest absolute Gasteiger partial charge is 0.350 e. The summed E-state index contributed by atoms with van der Waals surface area (Å²) in [7, 11) is 0. The molecule has 0 spiro atoms. The minimum atomic E-state index is 0.168. The molecule has 0 bridgehead atoms. The van der Waals surface area contributed by atoms with Crippen LogP contribution in [0, 0.1) is 5.92 Å². The maximum Gasteiger partial charge on any atom is 0.223 e. The molecule has 1 aromatic heterocycles. The van der Waals surface area contributed by atoms with Crippen molar-refractivity contribution in [3.63, 3.8) is 0 Å². The van der Waals surface area contributed by atoms with Crippen LogP contribution in [0.3, 0.4) is 0 Å². The van der Waals surface area contributed by atoms with Gasteiger partial charge in [0.25, 0.3) is 0 Å². The highest BCUT2D eigenvalue weighted by molar-refractivity contribution is 7.09. The third-order valence-electron chi connectivity index (χ3n) is 3.71. The normalized spacial score (nSPS) is 16.3. The van der Waals surface area contributed by atoms with E-state index in [9.17, 15) is 4.79 Å². The number of nitrogens with zero attached hydrogens (tertiary/aromatic N) is 1. The van der Waals surface area contributed by atoms with Crippen molar-refractivity contribution in [3.8, 4) is 0 Å². The third kappa shape index (κ3) is 4.30. The van der Waals surface area contributed by atoms with Crippen LogP contribution in [-0.4, -0.2) is 10.9 Å². The SMILES string of the molecule is CCCCC(CC)C(=O)NCc1csc(C2CC2)n1. The number of amides is 1. The summed E-state index contributed by atoms with van der Waals surface area (Å²) in [4.78, 5) is 16.7. The Labute approximate surface area is 119 Å². The molecule has 0 saturated heterocycles.